The highest BCUT2D eigenvalue weighted by Crippen LogP contribution is 2.31. The summed E-state index contributed by atoms with van der Waals surface area (Å²) in [4.78, 5) is 20.6. The number of piperidine rings is 1. The highest BCUT2D eigenvalue weighted by molar-refractivity contribution is 5.87. The van der Waals surface area contributed by atoms with E-state index in [9.17, 15) is 10.1 Å². The van der Waals surface area contributed by atoms with E-state index in [0.717, 1.165) is 47.6 Å². The molecule has 1 aliphatic heterocycles. The van der Waals surface area contributed by atoms with E-state index in [-0.39, 0.29) is 5.69 Å². The summed E-state index contributed by atoms with van der Waals surface area (Å²) in [5, 5.41) is 9.52. The lowest BCUT2D eigenvalue weighted by atomic mass is 9.95. The number of aromatic nitrogens is 3. The number of pyridine rings is 1. The first-order chi connectivity index (χ1) is 14.6. The second kappa shape index (κ2) is 8.35. The van der Waals surface area contributed by atoms with Crippen LogP contribution in [0.2, 0.25) is 0 Å². The van der Waals surface area contributed by atoms with Gasteiger partial charge in [-0.1, -0.05) is 31.5 Å². The number of benzene rings is 1. The number of rotatable bonds is 5. The maximum atomic E-state index is 13.4. The summed E-state index contributed by atoms with van der Waals surface area (Å²) in [6.07, 6.45) is 3.60. The first-order valence-electron chi connectivity index (χ1n) is 10.9. The van der Waals surface area contributed by atoms with Gasteiger partial charge in [0.2, 0.25) is 0 Å². The predicted molar refractivity (Wildman–Crippen MR) is 120 cm³/mol. The molecular formula is C24H29N5O. The fourth-order valence-electron chi connectivity index (χ4n) is 4.64. The number of aryl methyl sites for hydroxylation is 2. The predicted octanol–water partition coefficient (Wildman–Crippen LogP) is 4.07. The van der Waals surface area contributed by atoms with E-state index in [0.29, 0.717) is 24.6 Å². The molecule has 1 unspecified atom stereocenters. The monoisotopic (exact) mass is 403 g/mol. The molecule has 6 heteroatoms. The molecule has 0 spiro atoms. The molecule has 1 fully saturated rings. The van der Waals surface area contributed by atoms with Crippen LogP contribution in [0.3, 0.4) is 0 Å². The summed E-state index contributed by atoms with van der Waals surface area (Å²) in [5.41, 5.74) is 5.04. The van der Waals surface area contributed by atoms with Crippen LogP contribution in [-0.2, 0) is 13.1 Å². The van der Waals surface area contributed by atoms with Gasteiger partial charge in [0.05, 0.1) is 23.9 Å². The number of imidazole rings is 1. The Hall–Kier alpha value is -3.07. The molecule has 0 N–H and O–H groups in total. The van der Waals surface area contributed by atoms with E-state index in [4.69, 9.17) is 4.98 Å². The average Bonchev–Trinajstić information content (AvgIpc) is 3.03. The quantitative estimate of drug-likeness (QED) is 0.644. The first kappa shape index (κ1) is 20.2. The molecule has 0 bridgehead atoms. The van der Waals surface area contributed by atoms with Crippen LogP contribution in [-0.4, -0.2) is 27.2 Å². The molecule has 3 aromatic rings. The van der Waals surface area contributed by atoms with Gasteiger partial charge in [0.1, 0.15) is 5.52 Å². The van der Waals surface area contributed by atoms with Gasteiger partial charge in [-0.25, -0.2) is 9.78 Å². The summed E-state index contributed by atoms with van der Waals surface area (Å²) < 4.78 is 3.56. The van der Waals surface area contributed by atoms with Crippen molar-refractivity contribution in [3.63, 3.8) is 0 Å². The Morgan fingerprint density at radius 3 is 2.77 bits per heavy atom. The smallest absolute Gasteiger partial charge is 0.330 e. The van der Waals surface area contributed by atoms with E-state index in [1.165, 1.54) is 12.8 Å². The number of hydrogen-bond donors (Lipinski definition) is 0. The summed E-state index contributed by atoms with van der Waals surface area (Å²) >= 11 is 0. The van der Waals surface area contributed by atoms with Crippen molar-refractivity contribution in [3.05, 3.63) is 57.6 Å². The van der Waals surface area contributed by atoms with E-state index < -0.39 is 0 Å². The normalized spacial score (nSPS) is 16.7. The summed E-state index contributed by atoms with van der Waals surface area (Å²) in [5.74, 6) is 0.676. The Balaban J connectivity index is 1.93. The van der Waals surface area contributed by atoms with Gasteiger partial charge in [0, 0.05) is 25.3 Å². The number of hydrogen-bond acceptors (Lipinski definition) is 4. The third kappa shape index (κ3) is 3.49. The molecule has 4 rings (SSSR count). The first-order valence-corrected chi connectivity index (χ1v) is 10.9. The topological polar surface area (TPSA) is 66.8 Å². The third-order valence-corrected chi connectivity index (χ3v) is 6.29. The zero-order valence-electron chi connectivity index (χ0n) is 18.1. The van der Waals surface area contributed by atoms with E-state index in [1.807, 2.05) is 36.6 Å². The Morgan fingerprint density at radius 2 is 2.03 bits per heavy atom. The van der Waals surface area contributed by atoms with Crippen LogP contribution >= 0.6 is 0 Å². The Morgan fingerprint density at radius 1 is 1.23 bits per heavy atom. The Bertz CT molecular complexity index is 1170. The highest BCUT2D eigenvalue weighted by Gasteiger charge is 2.25. The zero-order valence-corrected chi connectivity index (χ0v) is 18.1. The third-order valence-electron chi connectivity index (χ3n) is 6.29. The van der Waals surface area contributed by atoms with Crippen molar-refractivity contribution in [3.8, 4) is 6.07 Å². The lowest BCUT2D eigenvalue weighted by molar-refractivity contribution is 0.405. The van der Waals surface area contributed by atoms with Crippen LogP contribution < -0.4 is 10.6 Å². The van der Waals surface area contributed by atoms with Crippen LogP contribution in [0.1, 0.15) is 49.9 Å². The zero-order chi connectivity index (χ0) is 21.3. The van der Waals surface area contributed by atoms with Gasteiger partial charge < -0.3 is 4.90 Å². The molecule has 156 valence electrons. The molecule has 3 heterocycles. The van der Waals surface area contributed by atoms with Gasteiger partial charge in [-0.2, -0.15) is 5.26 Å². The maximum Gasteiger partial charge on any atom is 0.330 e. The summed E-state index contributed by atoms with van der Waals surface area (Å²) in [7, 11) is 0. The van der Waals surface area contributed by atoms with Gasteiger partial charge in [0.25, 0.3) is 0 Å². The maximum absolute atomic E-state index is 13.4. The van der Waals surface area contributed by atoms with Crippen molar-refractivity contribution in [2.75, 3.05) is 18.0 Å². The molecular weight excluding hydrogens is 374 g/mol. The SMILES string of the molecule is CCC1CCCN(c2cc(C)nc3c2n(Cc2ccccc2C#N)c(=O)n3CC)C1. The standard InChI is InChI=1S/C24H29N5O/c1-4-18-9-8-12-27(15-18)21-13-17(3)26-23-22(21)29(24(30)28(23)5-2)16-20-11-7-6-10-19(20)14-25/h6-7,10-11,13,18H,4-5,8-9,12,15-16H2,1-3H3. The molecule has 1 atom stereocenters. The second-order valence-electron chi connectivity index (χ2n) is 8.20. The second-order valence-corrected chi connectivity index (χ2v) is 8.20. The van der Waals surface area contributed by atoms with Gasteiger partial charge in [-0.3, -0.25) is 9.13 Å². The van der Waals surface area contributed by atoms with Crippen LogP contribution in [0.15, 0.2) is 35.1 Å². The Kier molecular flexibility index (Phi) is 5.63. The van der Waals surface area contributed by atoms with Crippen molar-refractivity contribution in [1.29, 1.82) is 5.26 Å². The Labute approximate surface area is 177 Å². The molecule has 1 aromatic carbocycles. The lowest BCUT2D eigenvalue weighted by Gasteiger charge is -2.34. The van der Waals surface area contributed by atoms with E-state index in [1.54, 1.807) is 10.6 Å². The van der Waals surface area contributed by atoms with Crippen LogP contribution in [0.25, 0.3) is 11.2 Å². The number of nitriles is 1. The minimum absolute atomic E-state index is 0.0661. The molecule has 0 aliphatic carbocycles. The van der Waals surface area contributed by atoms with Gasteiger partial charge >= 0.3 is 5.69 Å². The summed E-state index contributed by atoms with van der Waals surface area (Å²) in [6, 6.07) is 11.9. The largest absolute Gasteiger partial charge is 0.369 e. The fourth-order valence-corrected chi connectivity index (χ4v) is 4.64. The molecule has 0 amide bonds. The molecule has 2 aromatic heterocycles. The van der Waals surface area contributed by atoms with E-state index in [2.05, 4.69) is 24.0 Å². The molecule has 6 nitrogen and oxygen atoms in total. The van der Waals surface area contributed by atoms with Crippen molar-refractivity contribution >= 4 is 16.9 Å². The molecule has 30 heavy (non-hydrogen) atoms. The van der Waals surface area contributed by atoms with Gasteiger partial charge in [0.15, 0.2) is 5.65 Å². The average molecular weight is 404 g/mol. The number of fused-ring (bicyclic) bond motifs is 1. The molecule has 1 saturated heterocycles. The van der Waals surface area contributed by atoms with Crippen molar-refractivity contribution < 1.29 is 0 Å². The van der Waals surface area contributed by atoms with Crippen molar-refractivity contribution in [2.24, 2.45) is 5.92 Å². The summed E-state index contributed by atoms with van der Waals surface area (Å²) in [6.45, 7) is 9.17. The molecule has 1 aliphatic rings. The molecule has 0 saturated carbocycles. The van der Waals surface area contributed by atoms with Crippen LogP contribution in [0.5, 0.6) is 0 Å². The van der Waals surface area contributed by atoms with Crippen LogP contribution in [0, 0.1) is 24.2 Å². The van der Waals surface area contributed by atoms with Gasteiger partial charge in [-0.15, -0.1) is 0 Å². The highest BCUT2D eigenvalue weighted by atomic mass is 16.1. The van der Waals surface area contributed by atoms with Gasteiger partial charge in [-0.05, 0) is 50.3 Å². The molecule has 0 radical (unpaired) electrons. The fraction of sp³-hybridized carbons (Fsp3) is 0.458. The minimum atomic E-state index is -0.0661. The van der Waals surface area contributed by atoms with Crippen molar-refractivity contribution in [1.82, 2.24) is 14.1 Å². The van der Waals surface area contributed by atoms with E-state index >= 15 is 0 Å². The lowest BCUT2D eigenvalue weighted by Crippen LogP contribution is -2.35. The van der Waals surface area contributed by atoms with Crippen molar-refractivity contribution in [2.45, 2.75) is 53.1 Å². The van der Waals surface area contributed by atoms with Crippen LogP contribution in [0.4, 0.5) is 5.69 Å². The minimum Gasteiger partial charge on any atom is -0.369 e. The number of anilines is 1. The number of nitrogens with zero attached hydrogens (tertiary/aromatic N) is 5.